The fourth-order valence-corrected chi connectivity index (χ4v) is 5.08. The van der Waals surface area contributed by atoms with E-state index in [0.717, 1.165) is 23.1 Å². The van der Waals surface area contributed by atoms with Gasteiger partial charge in [-0.1, -0.05) is 23.4 Å². The number of piperazine rings is 1. The zero-order valence-electron chi connectivity index (χ0n) is 19.3. The second kappa shape index (κ2) is 9.84. The third-order valence-corrected chi connectivity index (χ3v) is 7.33. The monoisotopic (exact) mass is 499 g/mol. The molecule has 35 heavy (non-hydrogen) atoms. The lowest BCUT2D eigenvalue weighted by molar-refractivity contribution is -0.385. The van der Waals surface area contributed by atoms with Crippen molar-refractivity contribution in [3.8, 4) is 0 Å². The quantitative estimate of drug-likeness (QED) is 0.387. The molecule has 1 amide bonds. The molecule has 1 saturated heterocycles. The fraction of sp³-hybridized carbons (Fsp3) is 0.304. The molecule has 1 fully saturated rings. The maximum absolute atomic E-state index is 13.3. The van der Waals surface area contributed by atoms with E-state index in [2.05, 4.69) is 14.8 Å². The molecule has 1 N–H and O–H groups in total. The zero-order chi connectivity index (χ0) is 25.2. The summed E-state index contributed by atoms with van der Waals surface area (Å²) in [5.74, 6) is 0.491. The van der Waals surface area contributed by atoms with E-state index >= 15 is 0 Å². The lowest BCUT2D eigenvalue weighted by Crippen LogP contribution is -2.48. The highest BCUT2D eigenvalue weighted by molar-refractivity contribution is 7.92. The molecule has 4 rings (SSSR count). The maximum atomic E-state index is 13.3. The van der Waals surface area contributed by atoms with E-state index in [4.69, 9.17) is 4.52 Å². The first-order chi connectivity index (χ1) is 16.7. The molecule has 0 atom stereocenters. The van der Waals surface area contributed by atoms with E-state index in [0.29, 0.717) is 32.7 Å². The molecule has 12 heteroatoms. The molecule has 184 valence electrons. The SMILES string of the molecule is Cc1noc(C)c1CN1CCN(C(=O)c2ccccc2NS(=O)(=O)c2cccc([N+](=O)[O-])c2)CC1. The minimum Gasteiger partial charge on any atom is -0.361 e. The predicted octanol–water partition coefficient (Wildman–Crippen LogP) is 2.96. The number of aromatic nitrogens is 1. The van der Waals surface area contributed by atoms with E-state index in [-0.39, 0.29) is 27.7 Å². The van der Waals surface area contributed by atoms with Gasteiger partial charge in [-0.05, 0) is 32.0 Å². The number of nitro groups is 1. The van der Waals surface area contributed by atoms with Gasteiger partial charge >= 0.3 is 0 Å². The summed E-state index contributed by atoms with van der Waals surface area (Å²) in [4.78, 5) is 27.3. The molecule has 0 unspecified atom stereocenters. The van der Waals surface area contributed by atoms with Gasteiger partial charge in [0.25, 0.3) is 21.6 Å². The molecule has 0 spiro atoms. The van der Waals surface area contributed by atoms with Gasteiger partial charge in [-0.15, -0.1) is 0 Å². The lowest BCUT2D eigenvalue weighted by Gasteiger charge is -2.35. The van der Waals surface area contributed by atoms with Crippen LogP contribution in [-0.4, -0.2) is 60.4 Å². The number of nitrogens with zero attached hydrogens (tertiary/aromatic N) is 4. The van der Waals surface area contributed by atoms with Crippen LogP contribution in [0.3, 0.4) is 0 Å². The maximum Gasteiger partial charge on any atom is 0.270 e. The molecule has 1 aromatic heterocycles. The van der Waals surface area contributed by atoms with Crippen LogP contribution in [0.5, 0.6) is 0 Å². The van der Waals surface area contributed by atoms with Crippen molar-refractivity contribution >= 4 is 27.3 Å². The molecule has 1 aliphatic heterocycles. The zero-order valence-corrected chi connectivity index (χ0v) is 20.1. The highest BCUT2D eigenvalue weighted by atomic mass is 32.2. The minimum atomic E-state index is -4.15. The lowest BCUT2D eigenvalue weighted by atomic mass is 10.1. The van der Waals surface area contributed by atoms with Gasteiger partial charge in [0.15, 0.2) is 0 Å². The molecule has 1 aliphatic rings. The number of amides is 1. The summed E-state index contributed by atoms with van der Waals surface area (Å²) >= 11 is 0. The van der Waals surface area contributed by atoms with Gasteiger partial charge in [-0.25, -0.2) is 8.42 Å². The number of para-hydroxylation sites is 1. The van der Waals surface area contributed by atoms with Gasteiger partial charge in [0.1, 0.15) is 5.76 Å². The summed E-state index contributed by atoms with van der Waals surface area (Å²) in [5.41, 5.74) is 1.88. The summed E-state index contributed by atoms with van der Waals surface area (Å²) in [7, 11) is -4.15. The molecule has 2 aromatic carbocycles. The van der Waals surface area contributed by atoms with Crippen LogP contribution < -0.4 is 4.72 Å². The molecule has 0 radical (unpaired) electrons. The molecule has 0 bridgehead atoms. The topological polar surface area (TPSA) is 139 Å². The van der Waals surface area contributed by atoms with Gasteiger partial charge in [-0.3, -0.25) is 24.5 Å². The van der Waals surface area contributed by atoms with Crippen molar-refractivity contribution in [2.45, 2.75) is 25.3 Å². The van der Waals surface area contributed by atoms with Crippen molar-refractivity contribution in [1.82, 2.24) is 15.0 Å². The van der Waals surface area contributed by atoms with Crippen molar-refractivity contribution in [2.75, 3.05) is 30.9 Å². The minimum absolute atomic E-state index is 0.113. The number of rotatable bonds is 7. The highest BCUT2D eigenvalue weighted by Crippen LogP contribution is 2.24. The number of hydrogen-bond acceptors (Lipinski definition) is 8. The first-order valence-electron chi connectivity index (χ1n) is 11.0. The number of benzene rings is 2. The Morgan fingerprint density at radius 1 is 1.11 bits per heavy atom. The van der Waals surface area contributed by atoms with Crippen LogP contribution in [0, 0.1) is 24.0 Å². The number of carbonyl (C=O) groups excluding carboxylic acids is 1. The Morgan fingerprint density at radius 2 is 1.83 bits per heavy atom. The summed E-state index contributed by atoms with van der Waals surface area (Å²) < 4.78 is 33.4. The molecule has 3 aromatic rings. The second-order valence-electron chi connectivity index (χ2n) is 8.28. The van der Waals surface area contributed by atoms with E-state index in [9.17, 15) is 23.3 Å². The van der Waals surface area contributed by atoms with Gasteiger partial charge in [0.2, 0.25) is 0 Å². The molecule has 11 nitrogen and oxygen atoms in total. The average Bonchev–Trinajstić information content (AvgIpc) is 3.16. The van der Waals surface area contributed by atoms with Crippen LogP contribution in [0.15, 0.2) is 57.9 Å². The average molecular weight is 500 g/mol. The molecule has 0 saturated carbocycles. The summed E-state index contributed by atoms with van der Waals surface area (Å²) in [6, 6.07) is 11.1. The summed E-state index contributed by atoms with van der Waals surface area (Å²) in [6.45, 7) is 6.72. The summed E-state index contributed by atoms with van der Waals surface area (Å²) in [6.07, 6.45) is 0. The van der Waals surface area contributed by atoms with Gasteiger partial charge in [-0.2, -0.15) is 0 Å². The van der Waals surface area contributed by atoms with Crippen LogP contribution >= 0.6 is 0 Å². The van der Waals surface area contributed by atoms with Crippen LogP contribution in [0.2, 0.25) is 0 Å². The van der Waals surface area contributed by atoms with Crippen molar-refractivity contribution in [3.63, 3.8) is 0 Å². The number of carbonyl (C=O) groups is 1. The van der Waals surface area contributed by atoms with Crippen LogP contribution in [0.4, 0.5) is 11.4 Å². The number of sulfonamides is 1. The second-order valence-corrected chi connectivity index (χ2v) is 9.96. The Kier molecular flexibility index (Phi) is 6.85. The van der Waals surface area contributed by atoms with Gasteiger partial charge in [0, 0.05) is 50.4 Å². The van der Waals surface area contributed by atoms with E-state index in [1.165, 1.54) is 24.3 Å². The molecular weight excluding hydrogens is 474 g/mol. The summed E-state index contributed by atoms with van der Waals surface area (Å²) in [5, 5.41) is 15.0. The molecular formula is C23H25N5O6S. The van der Waals surface area contributed by atoms with E-state index < -0.39 is 14.9 Å². The first-order valence-corrected chi connectivity index (χ1v) is 12.4. The largest absolute Gasteiger partial charge is 0.361 e. The van der Waals surface area contributed by atoms with Crippen molar-refractivity contribution in [1.29, 1.82) is 0 Å². The van der Waals surface area contributed by atoms with Crippen LogP contribution in [-0.2, 0) is 16.6 Å². The van der Waals surface area contributed by atoms with Crippen LogP contribution in [0.1, 0.15) is 27.4 Å². The Hall–Kier alpha value is -3.77. The number of aryl methyl sites for hydroxylation is 2. The van der Waals surface area contributed by atoms with E-state index in [1.54, 1.807) is 23.1 Å². The third-order valence-electron chi connectivity index (χ3n) is 5.96. The number of nitro benzene ring substituents is 1. The van der Waals surface area contributed by atoms with Gasteiger partial charge in [0.05, 0.1) is 26.8 Å². The highest BCUT2D eigenvalue weighted by Gasteiger charge is 2.26. The van der Waals surface area contributed by atoms with Gasteiger partial charge < -0.3 is 9.42 Å². The van der Waals surface area contributed by atoms with Crippen LogP contribution in [0.25, 0.3) is 0 Å². The Balaban J connectivity index is 1.47. The Morgan fingerprint density at radius 3 is 2.49 bits per heavy atom. The Labute approximate surface area is 202 Å². The molecule has 0 aliphatic carbocycles. The smallest absolute Gasteiger partial charge is 0.270 e. The fourth-order valence-electron chi connectivity index (χ4n) is 3.96. The standard InChI is InChI=1S/C23H25N5O6S/c1-16-21(17(2)34-24-16)15-26-10-12-27(13-11-26)23(29)20-8-3-4-9-22(20)25-35(32,33)19-7-5-6-18(14-19)28(30)31/h3-9,14,25H,10-13,15H2,1-2H3. The molecule has 2 heterocycles. The Bertz CT molecular complexity index is 1340. The predicted molar refractivity (Wildman–Crippen MR) is 128 cm³/mol. The number of nitrogens with one attached hydrogen (secondary N) is 1. The van der Waals surface area contributed by atoms with Crippen molar-refractivity contribution < 1.29 is 22.7 Å². The number of anilines is 1. The first kappa shape index (κ1) is 24.4. The van der Waals surface area contributed by atoms with Crippen molar-refractivity contribution in [3.05, 3.63) is 81.2 Å². The van der Waals surface area contributed by atoms with Crippen molar-refractivity contribution in [2.24, 2.45) is 0 Å². The number of hydrogen-bond donors (Lipinski definition) is 1. The normalized spacial score (nSPS) is 14.6. The number of non-ortho nitro benzene ring substituents is 1. The van der Waals surface area contributed by atoms with E-state index in [1.807, 2.05) is 13.8 Å². The third kappa shape index (κ3) is 5.33.